The number of carbonyl (C=O) groups is 1. The van der Waals surface area contributed by atoms with Crippen molar-refractivity contribution in [3.8, 4) is 0 Å². The zero-order valence-electron chi connectivity index (χ0n) is 10.4. The van der Waals surface area contributed by atoms with Crippen molar-refractivity contribution in [3.63, 3.8) is 0 Å². The lowest BCUT2D eigenvalue weighted by Gasteiger charge is -2.14. The van der Waals surface area contributed by atoms with Gasteiger partial charge in [-0.3, -0.25) is 4.79 Å². The molecular formula is C13H20N2O2. The fourth-order valence-electron chi connectivity index (χ4n) is 1.51. The number of aliphatic hydroxyl groups is 1. The zero-order valence-corrected chi connectivity index (χ0v) is 10.4. The number of hydrogen-bond acceptors (Lipinski definition) is 3. The maximum atomic E-state index is 10.8. The van der Waals surface area contributed by atoms with E-state index < -0.39 is 0 Å². The van der Waals surface area contributed by atoms with Crippen LogP contribution < -0.4 is 10.6 Å². The van der Waals surface area contributed by atoms with Gasteiger partial charge >= 0.3 is 0 Å². The first-order valence-corrected chi connectivity index (χ1v) is 5.86. The minimum absolute atomic E-state index is 0.0674. The standard InChI is InChI=1S/C13H20N2O2/c1-3-12(9-16)14-8-11-4-6-13(7-5-11)15-10(2)17/h4-7,12,14,16H,3,8-9H2,1-2H3,(H,15,17)/t12-/m0/s1. The van der Waals surface area contributed by atoms with Crippen LogP contribution in [-0.2, 0) is 11.3 Å². The van der Waals surface area contributed by atoms with E-state index in [0.29, 0.717) is 0 Å². The summed E-state index contributed by atoms with van der Waals surface area (Å²) in [6.07, 6.45) is 0.903. The fourth-order valence-corrected chi connectivity index (χ4v) is 1.51. The van der Waals surface area contributed by atoms with Gasteiger partial charge in [-0.2, -0.15) is 0 Å². The molecule has 1 atom stereocenters. The smallest absolute Gasteiger partial charge is 0.221 e. The van der Waals surface area contributed by atoms with Crippen molar-refractivity contribution in [3.05, 3.63) is 29.8 Å². The largest absolute Gasteiger partial charge is 0.395 e. The molecule has 4 heteroatoms. The van der Waals surface area contributed by atoms with Crippen LogP contribution in [-0.4, -0.2) is 23.7 Å². The Bertz CT molecular complexity index is 345. The van der Waals surface area contributed by atoms with Gasteiger partial charge in [-0.25, -0.2) is 0 Å². The van der Waals surface area contributed by atoms with E-state index in [1.54, 1.807) is 0 Å². The molecule has 1 aromatic carbocycles. The van der Waals surface area contributed by atoms with Crippen molar-refractivity contribution in [2.24, 2.45) is 0 Å². The van der Waals surface area contributed by atoms with Crippen LogP contribution >= 0.6 is 0 Å². The summed E-state index contributed by atoms with van der Waals surface area (Å²) < 4.78 is 0. The topological polar surface area (TPSA) is 61.4 Å². The van der Waals surface area contributed by atoms with Crippen LogP contribution in [0, 0.1) is 0 Å². The van der Waals surface area contributed by atoms with Gasteiger partial charge in [-0.1, -0.05) is 19.1 Å². The van der Waals surface area contributed by atoms with Crippen molar-refractivity contribution < 1.29 is 9.90 Å². The van der Waals surface area contributed by atoms with E-state index in [1.165, 1.54) is 6.92 Å². The summed E-state index contributed by atoms with van der Waals surface area (Å²) in [6, 6.07) is 7.81. The summed E-state index contributed by atoms with van der Waals surface area (Å²) in [4.78, 5) is 10.8. The molecule has 4 nitrogen and oxygen atoms in total. The average molecular weight is 236 g/mol. The number of rotatable bonds is 6. The van der Waals surface area contributed by atoms with Gasteiger partial charge in [0.15, 0.2) is 0 Å². The molecule has 0 bridgehead atoms. The molecule has 0 aromatic heterocycles. The van der Waals surface area contributed by atoms with Gasteiger partial charge in [0.1, 0.15) is 0 Å². The molecule has 0 saturated carbocycles. The van der Waals surface area contributed by atoms with Crippen LogP contribution in [0.25, 0.3) is 0 Å². The van der Waals surface area contributed by atoms with Crippen LogP contribution in [0.2, 0.25) is 0 Å². The van der Waals surface area contributed by atoms with Crippen LogP contribution in [0.3, 0.4) is 0 Å². The third-order valence-corrected chi connectivity index (χ3v) is 2.58. The Morgan fingerprint density at radius 3 is 2.47 bits per heavy atom. The van der Waals surface area contributed by atoms with Gasteiger partial charge in [0.2, 0.25) is 5.91 Å². The fraction of sp³-hybridized carbons (Fsp3) is 0.462. The molecule has 0 unspecified atom stereocenters. The molecule has 0 aliphatic heterocycles. The maximum Gasteiger partial charge on any atom is 0.221 e. The Labute approximate surface area is 102 Å². The van der Waals surface area contributed by atoms with E-state index in [0.717, 1.165) is 24.2 Å². The molecule has 0 spiro atoms. The van der Waals surface area contributed by atoms with Crippen LogP contribution in [0.1, 0.15) is 25.8 Å². The van der Waals surface area contributed by atoms with E-state index in [-0.39, 0.29) is 18.6 Å². The SMILES string of the molecule is CC[C@@H](CO)NCc1ccc(NC(C)=O)cc1. The molecule has 3 N–H and O–H groups in total. The molecule has 17 heavy (non-hydrogen) atoms. The molecule has 1 aromatic rings. The molecule has 0 radical (unpaired) electrons. The van der Waals surface area contributed by atoms with E-state index in [2.05, 4.69) is 10.6 Å². The van der Waals surface area contributed by atoms with Crippen LogP contribution in [0.5, 0.6) is 0 Å². The monoisotopic (exact) mass is 236 g/mol. The van der Waals surface area contributed by atoms with Gasteiger partial charge in [0.25, 0.3) is 0 Å². The Kier molecular flexibility index (Phi) is 5.66. The summed E-state index contributed by atoms with van der Waals surface area (Å²) >= 11 is 0. The minimum atomic E-state index is -0.0674. The maximum absolute atomic E-state index is 10.8. The molecule has 0 heterocycles. The predicted molar refractivity (Wildman–Crippen MR) is 68.8 cm³/mol. The Morgan fingerprint density at radius 1 is 1.35 bits per heavy atom. The lowest BCUT2D eigenvalue weighted by Crippen LogP contribution is -2.31. The molecule has 0 aliphatic carbocycles. The summed E-state index contributed by atoms with van der Waals surface area (Å²) in [5.74, 6) is -0.0674. The first kappa shape index (κ1) is 13.7. The first-order valence-electron chi connectivity index (χ1n) is 5.86. The second kappa shape index (κ2) is 7.04. The summed E-state index contributed by atoms with van der Waals surface area (Å²) in [6.45, 7) is 4.40. The number of amides is 1. The van der Waals surface area contributed by atoms with Gasteiger partial charge < -0.3 is 15.7 Å². The highest BCUT2D eigenvalue weighted by molar-refractivity contribution is 5.88. The Hall–Kier alpha value is -1.39. The molecule has 0 fully saturated rings. The molecule has 1 rings (SSSR count). The quantitative estimate of drug-likeness (QED) is 0.701. The Balaban J connectivity index is 2.47. The second-order valence-corrected chi connectivity index (χ2v) is 4.05. The van der Waals surface area contributed by atoms with E-state index in [4.69, 9.17) is 5.11 Å². The van der Waals surface area contributed by atoms with Gasteiger partial charge in [0, 0.05) is 25.2 Å². The number of anilines is 1. The molecule has 1 amide bonds. The third kappa shape index (κ3) is 4.97. The molecule has 94 valence electrons. The van der Waals surface area contributed by atoms with Crippen molar-refractivity contribution in [2.45, 2.75) is 32.9 Å². The lowest BCUT2D eigenvalue weighted by atomic mass is 10.1. The average Bonchev–Trinajstić information content (AvgIpc) is 2.32. The zero-order chi connectivity index (χ0) is 12.7. The Morgan fingerprint density at radius 2 is 2.00 bits per heavy atom. The van der Waals surface area contributed by atoms with Crippen LogP contribution in [0.15, 0.2) is 24.3 Å². The van der Waals surface area contributed by atoms with Crippen molar-refractivity contribution in [1.29, 1.82) is 0 Å². The predicted octanol–water partition coefficient (Wildman–Crippen LogP) is 1.51. The number of benzene rings is 1. The highest BCUT2D eigenvalue weighted by Gasteiger charge is 2.03. The first-order chi connectivity index (χ1) is 8.15. The van der Waals surface area contributed by atoms with E-state index in [1.807, 2.05) is 31.2 Å². The number of carbonyl (C=O) groups excluding carboxylic acids is 1. The van der Waals surface area contributed by atoms with Gasteiger partial charge in [0.05, 0.1) is 6.61 Å². The second-order valence-electron chi connectivity index (χ2n) is 4.05. The third-order valence-electron chi connectivity index (χ3n) is 2.58. The van der Waals surface area contributed by atoms with Crippen molar-refractivity contribution in [1.82, 2.24) is 5.32 Å². The number of hydrogen-bond donors (Lipinski definition) is 3. The summed E-state index contributed by atoms with van der Waals surface area (Å²) in [5.41, 5.74) is 1.93. The molecular weight excluding hydrogens is 216 g/mol. The highest BCUT2D eigenvalue weighted by Crippen LogP contribution is 2.09. The lowest BCUT2D eigenvalue weighted by molar-refractivity contribution is -0.114. The molecule has 0 saturated heterocycles. The van der Waals surface area contributed by atoms with Gasteiger partial charge in [-0.05, 0) is 24.1 Å². The summed E-state index contributed by atoms with van der Waals surface area (Å²) in [7, 11) is 0. The van der Waals surface area contributed by atoms with Gasteiger partial charge in [-0.15, -0.1) is 0 Å². The normalized spacial score (nSPS) is 12.2. The number of nitrogens with one attached hydrogen (secondary N) is 2. The number of aliphatic hydroxyl groups excluding tert-OH is 1. The van der Waals surface area contributed by atoms with Crippen molar-refractivity contribution >= 4 is 11.6 Å². The van der Waals surface area contributed by atoms with Crippen molar-refractivity contribution in [2.75, 3.05) is 11.9 Å². The van der Waals surface area contributed by atoms with E-state index in [9.17, 15) is 4.79 Å². The summed E-state index contributed by atoms with van der Waals surface area (Å²) in [5, 5.41) is 15.0. The minimum Gasteiger partial charge on any atom is -0.395 e. The van der Waals surface area contributed by atoms with E-state index >= 15 is 0 Å². The molecule has 0 aliphatic rings. The highest BCUT2D eigenvalue weighted by atomic mass is 16.3. The van der Waals surface area contributed by atoms with Crippen LogP contribution in [0.4, 0.5) is 5.69 Å².